The van der Waals surface area contributed by atoms with Gasteiger partial charge in [0.15, 0.2) is 0 Å². The van der Waals surface area contributed by atoms with Crippen LogP contribution < -0.4 is 5.14 Å². The maximum Gasteiger partial charge on any atom is 0.212 e. The van der Waals surface area contributed by atoms with Crippen molar-refractivity contribution in [3.63, 3.8) is 0 Å². The van der Waals surface area contributed by atoms with Gasteiger partial charge in [0.2, 0.25) is 10.0 Å². The highest BCUT2D eigenvalue weighted by molar-refractivity contribution is 7.89. The number of aromatic amines is 1. The minimum absolute atomic E-state index is 0.0592. The van der Waals surface area contributed by atoms with Crippen LogP contribution in [0.2, 0.25) is 0 Å². The van der Waals surface area contributed by atoms with Crippen LogP contribution in [-0.2, 0) is 20.3 Å². The Morgan fingerprint density at radius 1 is 1.38 bits per heavy atom. The quantitative estimate of drug-likeness (QED) is 0.677. The number of imidazole rings is 1. The number of H-pyrrole nitrogens is 1. The lowest BCUT2D eigenvalue weighted by atomic mass is 9.38. The summed E-state index contributed by atoms with van der Waals surface area (Å²) in [6.07, 6.45) is 8.39. The Balaban J connectivity index is 1.50. The summed E-state index contributed by atoms with van der Waals surface area (Å²) in [6, 6.07) is 2.01. The molecule has 0 aromatic carbocycles. The minimum atomic E-state index is -3.60. The summed E-state index contributed by atoms with van der Waals surface area (Å²) in [6.45, 7) is 0.402. The number of rotatable bonds is 6. The van der Waals surface area contributed by atoms with Crippen molar-refractivity contribution in [3.05, 3.63) is 24.8 Å². The van der Waals surface area contributed by atoms with Crippen molar-refractivity contribution in [2.24, 2.45) is 10.6 Å². The van der Waals surface area contributed by atoms with Gasteiger partial charge in [-0.15, -0.1) is 0 Å². The molecule has 0 radical (unpaired) electrons. The standard InChI is InChI=1S/C17H21N5O3S/c1-25-5-3-13(26(18,23)24)16-7-17(8-16,9-16)22-10-21-12-6-20-15-11(14(12)22)2-4-19-15/h2,4,6,10,13H,3,5,7-9H2,1H3,(H,19,20)(H2,18,23,24). The Morgan fingerprint density at radius 2 is 2.15 bits per heavy atom. The van der Waals surface area contributed by atoms with Crippen molar-refractivity contribution in [1.82, 2.24) is 19.5 Å². The van der Waals surface area contributed by atoms with Crippen molar-refractivity contribution >= 4 is 32.1 Å². The van der Waals surface area contributed by atoms with Gasteiger partial charge < -0.3 is 14.3 Å². The zero-order chi connectivity index (χ0) is 18.2. The van der Waals surface area contributed by atoms with Crippen LogP contribution in [-0.4, -0.2) is 46.9 Å². The fraction of sp³-hybridized carbons (Fsp3) is 0.529. The highest BCUT2D eigenvalue weighted by Gasteiger charge is 2.73. The van der Waals surface area contributed by atoms with Gasteiger partial charge >= 0.3 is 0 Å². The van der Waals surface area contributed by atoms with Gasteiger partial charge in [-0.2, -0.15) is 0 Å². The third kappa shape index (κ3) is 1.99. The van der Waals surface area contributed by atoms with E-state index in [4.69, 9.17) is 9.88 Å². The molecule has 0 amide bonds. The van der Waals surface area contributed by atoms with Crippen LogP contribution in [0, 0.1) is 5.41 Å². The molecule has 3 aliphatic rings. The number of ether oxygens (including phenoxy) is 1. The molecule has 0 saturated heterocycles. The second-order valence-corrected chi connectivity index (χ2v) is 9.57. The van der Waals surface area contributed by atoms with E-state index < -0.39 is 15.3 Å². The molecule has 0 spiro atoms. The molecule has 0 aliphatic heterocycles. The summed E-state index contributed by atoms with van der Waals surface area (Å²) in [5.74, 6) is 0. The van der Waals surface area contributed by atoms with Crippen LogP contribution in [0.5, 0.6) is 0 Å². The van der Waals surface area contributed by atoms with Gasteiger partial charge in [-0.25, -0.2) is 23.5 Å². The molecule has 3 N–H and O–H groups in total. The molecular weight excluding hydrogens is 354 g/mol. The summed E-state index contributed by atoms with van der Waals surface area (Å²) in [4.78, 5) is 12.0. The first-order valence-corrected chi connectivity index (χ1v) is 10.3. The molecule has 26 heavy (non-hydrogen) atoms. The number of hydrogen-bond donors (Lipinski definition) is 2. The lowest BCUT2D eigenvalue weighted by Gasteiger charge is -2.73. The smallest absolute Gasteiger partial charge is 0.212 e. The number of sulfonamides is 1. The lowest BCUT2D eigenvalue weighted by Crippen LogP contribution is -2.73. The second-order valence-electron chi connectivity index (χ2n) is 7.82. The van der Waals surface area contributed by atoms with Crippen LogP contribution in [0.1, 0.15) is 25.7 Å². The average Bonchev–Trinajstić information content (AvgIpc) is 3.12. The van der Waals surface area contributed by atoms with Gasteiger partial charge in [0, 0.05) is 30.8 Å². The molecule has 6 rings (SSSR count). The van der Waals surface area contributed by atoms with Crippen molar-refractivity contribution in [3.8, 4) is 0 Å². The van der Waals surface area contributed by atoms with Gasteiger partial charge in [0.05, 0.1) is 23.3 Å². The fourth-order valence-corrected chi connectivity index (χ4v) is 6.69. The first-order chi connectivity index (χ1) is 12.4. The monoisotopic (exact) mass is 375 g/mol. The number of nitrogens with zero attached hydrogens (tertiary/aromatic N) is 3. The van der Waals surface area contributed by atoms with Crippen LogP contribution in [0.4, 0.5) is 0 Å². The molecular formula is C17H21N5O3S. The van der Waals surface area contributed by atoms with Gasteiger partial charge in [-0.05, 0) is 37.2 Å². The molecule has 3 fully saturated rings. The zero-order valence-corrected chi connectivity index (χ0v) is 15.3. The Bertz CT molecular complexity index is 1100. The van der Waals surface area contributed by atoms with Gasteiger partial charge in [-0.3, -0.25) is 0 Å². The van der Waals surface area contributed by atoms with E-state index >= 15 is 0 Å². The number of fused-ring (bicyclic) bond motifs is 3. The summed E-state index contributed by atoms with van der Waals surface area (Å²) in [5, 5.41) is 6.04. The number of nitrogens with one attached hydrogen (secondary N) is 1. The molecule has 1 unspecified atom stereocenters. The molecule has 3 aromatic rings. The topological polar surface area (TPSA) is 116 Å². The first kappa shape index (κ1) is 16.2. The Morgan fingerprint density at radius 3 is 2.85 bits per heavy atom. The summed E-state index contributed by atoms with van der Waals surface area (Å²) < 4.78 is 31.6. The molecule has 3 aromatic heterocycles. The maximum atomic E-state index is 12.1. The summed E-state index contributed by atoms with van der Waals surface area (Å²) in [5.41, 5.74) is 2.47. The largest absolute Gasteiger partial charge is 0.385 e. The highest BCUT2D eigenvalue weighted by atomic mass is 32.2. The van der Waals surface area contributed by atoms with E-state index in [1.807, 2.05) is 18.6 Å². The van der Waals surface area contributed by atoms with E-state index in [2.05, 4.69) is 19.5 Å². The van der Waals surface area contributed by atoms with Crippen LogP contribution in [0.3, 0.4) is 0 Å². The van der Waals surface area contributed by atoms with E-state index in [0.717, 1.165) is 41.3 Å². The van der Waals surface area contributed by atoms with E-state index in [-0.39, 0.29) is 11.0 Å². The van der Waals surface area contributed by atoms with Gasteiger partial charge in [0.1, 0.15) is 11.2 Å². The molecule has 3 saturated carbocycles. The first-order valence-electron chi connectivity index (χ1n) is 8.69. The maximum absolute atomic E-state index is 12.1. The third-order valence-electron chi connectivity index (χ3n) is 6.31. The predicted molar refractivity (Wildman–Crippen MR) is 97.0 cm³/mol. The zero-order valence-electron chi connectivity index (χ0n) is 14.5. The number of aromatic nitrogens is 4. The molecule has 1 atom stereocenters. The van der Waals surface area contributed by atoms with Crippen LogP contribution in [0.25, 0.3) is 22.1 Å². The Hall–Kier alpha value is -1.97. The number of nitrogens with two attached hydrogens (primary N) is 1. The average molecular weight is 375 g/mol. The molecule has 138 valence electrons. The SMILES string of the molecule is COCCC(C12CC(n3cnc4cnc5[nH]ccc5c43)(C1)C2)S(N)(=O)=O. The molecule has 8 nitrogen and oxygen atoms in total. The molecule has 3 heterocycles. The summed E-state index contributed by atoms with van der Waals surface area (Å²) >= 11 is 0. The van der Waals surface area contributed by atoms with Crippen molar-refractivity contribution in [1.29, 1.82) is 0 Å². The van der Waals surface area contributed by atoms with E-state index in [1.54, 1.807) is 13.3 Å². The lowest BCUT2D eigenvalue weighted by molar-refractivity contribution is -0.187. The second kappa shape index (κ2) is 5.05. The van der Waals surface area contributed by atoms with E-state index in [9.17, 15) is 8.42 Å². The van der Waals surface area contributed by atoms with Crippen LogP contribution >= 0.6 is 0 Å². The number of methoxy groups -OCH3 is 1. The van der Waals surface area contributed by atoms with E-state index in [0.29, 0.717) is 13.0 Å². The predicted octanol–water partition coefficient (Wildman–Crippen LogP) is 1.49. The Kier molecular flexibility index (Phi) is 3.15. The van der Waals surface area contributed by atoms with Crippen molar-refractivity contribution < 1.29 is 13.2 Å². The van der Waals surface area contributed by atoms with Crippen molar-refractivity contribution in [2.45, 2.75) is 36.5 Å². The van der Waals surface area contributed by atoms with Crippen LogP contribution in [0.15, 0.2) is 24.8 Å². The fourth-order valence-electron chi connectivity index (χ4n) is 5.32. The van der Waals surface area contributed by atoms with E-state index in [1.165, 1.54) is 0 Å². The van der Waals surface area contributed by atoms with Gasteiger partial charge in [0.25, 0.3) is 0 Å². The molecule has 3 aliphatic carbocycles. The van der Waals surface area contributed by atoms with Crippen molar-refractivity contribution in [2.75, 3.05) is 13.7 Å². The number of hydrogen-bond acceptors (Lipinski definition) is 5. The summed E-state index contributed by atoms with van der Waals surface area (Å²) in [7, 11) is -2.02. The number of pyridine rings is 1. The normalized spacial score (nSPS) is 28.8. The third-order valence-corrected chi connectivity index (χ3v) is 7.84. The van der Waals surface area contributed by atoms with Gasteiger partial charge in [-0.1, -0.05) is 0 Å². The highest BCUT2D eigenvalue weighted by Crippen LogP contribution is 2.74. The number of primary sulfonamides is 1. The molecule has 9 heteroatoms. The minimum Gasteiger partial charge on any atom is -0.385 e. The Labute approximate surface area is 150 Å². The molecule has 2 bridgehead atoms.